The van der Waals surface area contributed by atoms with Crippen LogP contribution in [0.4, 0.5) is 13.2 Å². The largest absolute Gasteiger partial charge is 0.463 e. The molecule has 0 bridgehead atoms. The second-order valence-electron chi connectivity index (χ2n) is 4.42. The minimum Gasteiger partial charge on any atom is -0.463 e. The molecule has 4 nitrogen and oxygen atoms in total. The van der Waals surface area contributed by atoms with Gasteiger partial charge in [0.1, 0.15) is 0 Å². The highest BCUT2D eigenvalue weighted by atomic mass is 127. The zero-order chi connectivity index (χ0) is 15.2. The molecule has 3 aliphatic rings. The second kappa shape index (κ2) is 5.02. The van der Waals surface area contributed by atoms with Gasteiger partial charge in [-0.1, -0.05) is 0 Å². The third-order valence-corrected chi connectivity index (χ3v) is 3.83. The molecule has 1 aliphatic carbocycles. The van der Waals surface area contributed by atoms with Crippen LogP contribution >= 0.6 is 22.6 Å². The van der Waals surface area contributed by atoms with Gasteiger partial charge in [0.25, 0.3) is 0 Å². The molecular weight excluding hydrogens is 400 g/mol. The van der Waals surface area contributed by atoms with Crippen LogP contribution in [0.5, 0.6) is 0 Å². The number of hydrogen-bond donors (Lipinski definition) is 1. The minimum atomic E-state index is -4.41. The summed E-state index contributed by atoms with van der Waals surface area (Å²) in [4.78, 5) is 4.12. The molecule has 0 saturated heterocycles. The van der Waals surface area contributed by atoms with Gasteiger partial charge in [0.2, 0.25) is 5.88 Å². The molecule has 1 N–H and O–H groups in total. The summed E-state index contributed by atoms with van der Waals surface area (Å²) in [6, 6.07) is 0. The normalized spacial score (nSPS) is 28.0. The van der Waals surface area contributed by atoms with Gasteiger partial charge in [-0.05, 0) is 46.9 Å². The first kappa shape index (κ1) is 14.4. The fraction of sp³-hybridized carbons (Fsp3) is 0.154. The van der Waals surface area contributed by atoms with Crippen molar-refractivity contribution in [2.75, 3.05) is 0 Å². The van der Waals surface area contributed by atoms with Crippen LogP contribution in [0.3, 0.4) is 0 Å². The zero-order valence-corrected chi connectivity index (χ0v) is 12.5. The Morgan fingerprint density at radius 2 is 2.10 bits per heavy atom. The molecule has 0 aromatic heterocycles. The lowest BCUT2D eigenvalue weighted by Crippen LogP contribution is -2.21. The van der Waals surface area contributed by atoms with Gasteiger partial charge in [-0.15, -0.1) is 0 Å². The number of hydroxylamine groups is 2. The first-order chi connectivity index (χ1) is 9.84. The van der Waals surface area contributed by atoms with E-state index in [4.69, 9.17) is 4.74 Å². The van der Waals surface area contributed by atoms with E-state index >= 15 is 0 Å². The molecule has 8 heteroatoms. The molecule has 1 atom stereocenters. The van der Waals surface area contributed by atoms with Crippen molar-refractivity contribution in [2.24, 2.45) is 4.99 Å². The van der Waals surface area contributed by atoms with Gasteiger partial charge in [-0.3, -0.25) is 5.21 Å². The number of alkyl halides is 3. The van der Waals surface area contributed by atoms with Crippen molar-refractivity contribution in [1.29, 1.82) is 0 Å². The zero-order valence-electron chi connectivity index (χ0n) is 10.3. The monoisotopic (exact) mass is 408 g/mol. The molecule has 0 radical (unpaired) electrons. The lowest BCUT2D eigenvalue weighted by molar-refractivity contribution is -0.0882. The molecule has 0 aromatic carbocycles. The van der Waals surface area contributed by atoms with Crippen LogP contribution in [0.15, 0.2) is 62.3 Å². The average Bonchev–Trinajstić information content (AvgIpc) is 2.79. The maximum absolute atomic E-state index is 12.7. The fourth-order valence-electron chi connectivity index (χ4n) is 1.97. The van der Waals surface area contributed by atoms with E-state index in [9.17, 15) is 18.4 Å². The van der Waals surface area contributed by atoms with Crippen LogP contribution in [-0.2, 0) is 4.74 Å². The van der Waals surface area contributed by atoms with Gasteiger partial charge in [-0.25, -0.2) is 10.1 Å². The molecule has 3 rings (SSSR count). The predicted octanol–water partition coefficient (Wildman–Crippen LogP) is 3.59. The Bertz CT molecular complexity index is 671. The number of fused-ring (bicyclic) bond motifs is 1. The van der Waals surface area contributed by atoms with Crippen molar-refractivity contribution in [3.63, 3.8) is 0 Å². The van der Waals surface area contributed by atoms with Crippen LogP contribution in [0.25, 0.3) is 0 Å². The van der Waals surface area contributed by atoms with E-state index in [2.05, 4.69) is 4.99 Å². The van der Waals surface area contributed by atoms with Gasteiger partial charge >= 0.3 is 6.18 Å². The van der Waals surface area contributed by atoms with E-state index in [1.54, 1.807) is 6.08 Å². The Morgan fingerprint density at radius 3 is 2.76 bits per heavy atom. The standard InChI is InChI=1S/C13H8F3IN2O2/c14-13(15,16)7-1-2-11-10(5-7)18-12(21-11)8-3-4-19(20)6-9(8)17/h1-6,11,20H. The van der Waals surface area contributed by atoms with Crippen molar-refractivity contribution in [3.05, 3.63) is 57.3 Å². The van der Waals surface area contributed by atoms with E-state index in [-0.39, 0.29) is 11.6 Å². The summed E-state index contributed by atoms with van der Waals surface area (Å²) in [6.45, 7) is 0. The number of rotatable bonds is 0. The molecule has 0 fully saturated rings. The Morgan fingerprint density at radius 1 is 1.33 bits per heavy atom. The van der Waals surface area contributed by atoms with Crippen LogP contribution in [0, 0.1) is 0 Å². The number of nitrogens with zero attached hydrogens (tertiary/aromatic N) is 2. The van der Waals surface area contributed by atoms with Gasteiger partial charge in [0.05, 0.1) is 16.9 Å². The summed E-state index contributed by atoms with van der Waals surface area (Å²) in [5.41, 5.74) is 0.0767. The molecule has 2 heterocycles. The summed E-state index contributed by atoms with van der Waals surface area (Å²) < 4.78 is 44.2. The highest BCUT2D eigenvalue weighted by molar-refractivity contribution is 14.1. The van der Waals surface area contributed by atoms with Crippen molar-refractivity contribution < 1.29 is 23.1 Å². The van der Waals surface area contributed by atoms with Crippen molar-refractivity contribution >= 4 is 28.3 Å². The number of halogens is 4. The Kier molecular flexibility index (Phi) is 3.44. The van der Waals surface area contributed by atoms with Crippen molar-refractivity contribution in [1.82, 2.24) is 5.06 Å². The highest BCUT2D eigenvalue weighted by Crippen LogP contribution is 2.35. The minimum absolute atomic E-state index is 0.219. The van der Waals surface area contributed by atoms with Crippen LogP contribution in [0.2, 0.25) is 0 Å². The predicted molar refractivity (Wildman–Crippen MR) is 77.5 cm³/mol. The maximum atomic E-state index is 12.7. The third-order valence-electron chi connectivity index (χ3n) is 2.97. The lowest BCUT2D eigenvalue weighted by Gasteiger charge is -2.16. The molecule has 2 aliphatic heterocycles. The first-order valence-electron chi connectivity index (χ1n) is 5.84. The topological polar surface area (TPSA) is 45.1 Å². The molecule has 0 aromatic rings. The van der Waals surface area contributed by atoms with Gasteiger partial charge < -0.3 is 4.74 Å². The summed E-state index contributed by atoms with van der Waals surface area (Å²) in [5.74, 6) is 0.240. The maximum Gasteiger partial charge on any atom is 0.416 e. The summed E-state index contributed by atoms with van der Waals surface area (Å²) >= 11 is 1.98. The fourth-order valence-corrected chi connectivity index (χ4v) is 2.67. The Hall–Kier alpha value is -1.55. The summed E-state index contributed by atoms with van der Waals surface area (Å²) in [5, 5.41) is 10.2. The van der Waals surface area contributed by atoms with Crippen LogP contribution in [0.1, 0.15) is 0 Å². The summed E-state index contributed by atoms with van der Waals surface area (Å²) in [7, 11) is 0. The highest BCUT2D eigenvalue weighted by Gasteiger charge is 2.37. The van der Waals surface area contributed by atoms with Gasteiger partial charge in [0, 0.05) is 16.0 Å². The van der Waals surface area contributed by atoms with Gasteiger partial charge in [0.15, 0.2) is 6.10 Å². The molecule has 0 amide bonds. The molecular formula is C13H8F3IN2O2. The van der Waals surface area contributed by atoms with E-state index in [1.807, 2.05) is 22.6 Å². The number of hydrogen-bond acceptors (Lipinski definition) is 4. The summed E-state index contributed by atoms with van der Waals surface area (Å²) in [6.07, 6.45) is 2.71. The third kappa shape index (κ3) is 2.77. The van der Waals surface area contributed by atoms with Crippen molar-refractivity contribution in [3.8, 4) is 0 Å². The molecule has 0 spiro atoms. The number of aliphatic imine (C=N–C) groups is 1. The SMILES string of the molecule is ON1C=CC(=C2N=C3C=C(C(F)(F)F)C=CC3O2)C(I)=C1. The lowest BCUT2D eigenvalue weighted by atomic mass is 10.0. The first-order valence-corrected chi connectivity index (χ1v) is 6.92. The molecule has 0 saturated carbocycles. The van der Waals surface area contributed by atoms with E-state index in [0.717, 1.165) is 17.2 Å². The van der Waals surface area contributed by atoms with Crippen LogP contribution in [-0.4, -0.2) is 28.3 Å². The average molecular weight is 408 g/mol. The number of ether oxygens (including phenoxy) is 1. The molecule has 110 valence electrons. The van der Waals surface area contributed by atoms with Crippen LogP contribution < -0.4 is 0 Å². The van der Waals surface area contributed by atoms with Crippen molar-refractivity contribution in [2.45, 2.75) is 12.3 Å². The quantitative estimate of drug-likeness (QED) is 0.624. The van der Waals surface area contributed by atoms with Gasteiger partial charge in [-0.2, -0.15) is 13.2 Å². The Labute approximate surface area is 131 Å². The van der Waals surface area contributed by atoms with E-state index in [1.165, 1.54) is 18.5 Å². The smallest absolute Gasteiger partial charge is 0.416 e. The molecule has 21 heavy (non-hydrogen) atoms. The number of allylic oxidation sites excluding steroid dienone is 5. The van der Waals surface area contributed by atoms with E-state index in [0.29, 0.717) is 9.15 Å². The second-order valence-corrected chi connectivity index (χ2v) is 5.59. The molecule has 1 unspecified atom stereocenters. The Balaban J connectivity index is 1.97. The van der Waals surface area contributed by atoms with E-state index < -0.39 is 17.9 Å².